The third-order valence-electron chi connectivity index (χ3n) is 2.72. The Morgan fingerprint density at radius 3 is 1.76 bits per heavy atom. The molecule has 4 heteroatoms. The topological polar surface area (TPSA) is 55.8 Å². The zero-order valence-corrected chi connectivity index (χ0v) is 12.3. The van der Waals surface area contributed by atoms with Gasteiger partial charge in [-0.1, -0.05) is 0 Å². The first-order chi connectivity index (χ1) is 9.84. The first-order valence-electron chi connectivity index (χ1n) is 6.64. The van der Waals surface area contributed by atoms with Crippen molar-refractivity contribution < 1.29 is 19.4 Å². The molecule has 0 unspecified atom stereocenters. The lowest BCUT2D eigenvalue weighted by Gasteiger charge is -2.16. The third kappa shape index (κ3) is 4.24. The van der Waals surface area contributed by atoms with E-state index in [4.69, 9.17) is 9.47 Å². The van der Waals surface area contributed by atoms with Crippen molar-refractivity contribution in [3.8, 4) is 23.0 Å². The van der Waals surface area contributed by atoms with Crippen LogP contribution >= 0.6 is 0 Å². The van der Waals surface area contributed by atoms with Gasteiger partial charge in [-0.25, -0.2) is 0 Å². The van der Waals surface area contributed by atoms with Crippen LogP contribution in [0.2, 0.25) is 0 Å². The third-order valence-corrected chi connectivity index (χ3v) is 2.72. The summed E-state index contributed by atoms with van der Waals surface area (Å²) in [6, 6.07) is 13.2. The van der Waals surface area contributed by atoms with Crippen LogP contribution in [0.3, 0.4) is 0 Å². The summed E-state index contributed by atoms with van der Waals surface area (Å²) in [5.41, 5.74) is -0.540. The van der Waals surface area contributed by atoms with Crippen molar-refractivity contribution in [2.75, 3.05) is 0 Å². The molecule has 110 valence electrons. The van der Waals surface area contributed by atoms with Gasteiger partial charge in [-0.15, -0.1) is 0 Å². The van der Waals surface area contributed by atoms with Gasteiger partial charge in [0.25, 0.3) is 0 Å². The van der Waals surface area contributed by atoms with Gasteiger partial charge in [-0.2, -0.15) is 0 Å². The van der Waals surface area contributed by atoms with E-state index < -0.39 is 5.41 Å². The van der Waals surface area contributed by atoms with E-state index in [1.165, 1.54) is 0 Å². The van der Waals surface area contributed by atoms with Crippen molar-refractivity contribution in [2.24, 2.45) is 5.41 Å². The Labute approximate surface area is 123 Å². The fourth-order valence-electron chi connectivity index (χ4n) is 1.49. The molecule has 0 saturated heterocycles. The van der Waals surface area contributed by atoms with E-state index in [9.17, 15) is 9.90 Å². The molecule has 0 heterocycles. The fourth-order valence-corrected chi connectivity index (χ4v) is 1.49. The molecule has 0 aliphatic heterocycles. The lowest BCUT2D eigenvalue weighted by Crippen LogP contribution is -2.25. The van der Waals surface area contributed by atoms with Crippen LogP contribution in [0.15, 0.2) is 48.5 Å². The number of hydrogen-bond donors (Lipinski definition) is 1. The zero-order chi connectivity index (χ0) is 15.5. The number of rotatable bonds is 3. The summed E-state index contributed by atoms with van der Waals surface area (Å²) in [7, 11) is 0. The number of benzene rings is 2. The Hall–Kier alpha value is -2.49. The van der Waals surface area contributed by atoms with E-state index in [1.807, 2.05) is 0 Å². The average molecular weight is 286 g/mol. The van der Waals surface area contributed by atoms with Gasteiger partial charge < -0.3 is 14.6 Å². The summed E-state index contributed by atoms with van der Waals surface area (Å²) in [4.78, 5) is 11.8. The maximum absolute atomic E-state index is 11.8. The second-order valence-electron chi connectivity index (χ2n) is 5.71. The van der Waals surface area contributed by atoms with Crippen molar-refractivity contribution in [2.45, 2.75) is 20.8 Å². The molecule has 0 amide bonds. The standard InChI is InChI=1S/C17H18O4/c1-17(2,3)16(19)21-15-10-8-14(9-11-15)20-13-6-4-12(18)5-7-13/h4-11,18H,1-3H3. The minimum absolute atomic E-state index is 0.187. The van der Waals surface area contributed by atoms with Crippen molar-refractivity contribution in [1.82, 2.24) is 0 Å². The molecule has 2 rings (SSSR count). The SMILES string of the molecule is CC(C)(C)C(=O)Oc1ccc(Oc2ccc(O)cc2)cc1. The molecule has 0 fully saturated rings. The number of aromatic hydroxyl groups is 1. The fraction of sp³-hybridized carbons (Fsp3) is 0.235. The molecule has 0 aromatic heterocycles. The highest BCUT2D eigenvalue weighted by Crippen LogP contribution is 2.26. The Bertz CT molecular complexity index is 607. The summed E-state index contributed by atoms with van der Waals surface area (Å²) < 4.78 is 10.9. The predicted molar refractivity (Wildman–Crippen MR) is 79.7 cm³/mol. The highest BCUT2D eigenvalue weighted by Gasteiger charge is 2.23. The molecule has 2 aromatic carbocycles. The van der Waals surface area contributed by atoms with Gasteiger partial charge in [0.05, 0.1) is 5.41 Å². The lowest BCUT2D eigenvalue weighted by atomic mass is 9.97. The summed E-state index contributed by atoms with van der Waals surface area (Å²) in [6.07, 6.45) is 0. The molecule has 0 aliphatic carbocycles. The molecule has 0 atom stereocenters. The first kappa shape index (κ1) is 14.9. The molecule has 0 radical (unpaired) electrons. The molecule has 0 aliphatic rings. The summed E-state index contributed by atoms with van der Waals surface area (Å²) in [5.74, 6) is 1.62. The number of hydrogen-bond acceptors (Lipinski definition) is 4. The monoisotopic (exact) mass is 286 g/mol. The van der Waals surface area contributed by atoms with Crippen LogP contribution in [-0.2, 0) is 4.79 Å². The Morgan fingerprint density at radius 2 is 1.29 bits per heavy atom. The normalized spacial score (nSPS) is 11.0. The number of carbonyl (C=O) groups excluding carboxylic acids is 1. The quantitative estimate of drug-likeness (QED) is 0.680. The molecule has 2 aromatic rings. The van der Waals surface area contributed by atoms with E-state index >= 15 is 0 Å². The Balaban J connectivity index is 2.02. The zero-order valence-electron chi connectivity index (χ0n) is 12.3. The molecule has 0 bridgehead atoms. The maximum atomic E-state index is 11.8. The maximum Gasteiger partial charge on any atom is 0.316 e. The predicted octanol–water partition coefficient (Wildman–Crippen LogP) is 4.14. The van der Waals surface area contributed by atoms with Crippen molar-refractivity contribution in [3.05, 3.63) is 48.5 Å². The number of phenolic OH excluding ortho intramolecular Hbond substituents is 1. The number of phenols is 1. The molecular weight excluding hydrogens is 268 g/mol. The Morgan fingerprint density at radius 1 is 0.857 bits per heavy atom. The van der Waals surface area contributed by atoms with E-state index in [0.29, 0.717) is 17.2 Å². The van der Waals surface area contributed by atoms with Gasteiger partial charge in [-0.3, -0.25) is 4.79 Å². The summed E-state index contributed by atoms with van der Waals surface area (Å²) >= 11 is 0. The van der Waals surface area contributed by atoms with Crippen LogP contribution < -0.4 is 9.47 Å². The van der Waals surface area contributed by atoms with Crippen LogP contribution in [0.5, 0.6) is 23.0 Å². The minimum atomic E-state index is -0.540. The smallest absolute Gasteiger partial charge is 0.316 e. The van der Waals surface area contributed by atoms with E-state index in [-0.39, 0.29) is 11.7 Å². The number of carbonyl (C=O) groups is 1. The van der Waals surface area contributed by atoms with Crippen molar-refractivity contribution in [1.29, 1.82) is 0 Å². The van der Waals surface area contributed by atoms with Gasteiger partial charge >= 0.3 is 5.97 Å². The van der Waals surface area contributed by atoms with E-state index in [1.54, 1.807) is 69.3 Å². The highest BCUT2D eigenvalue weighted by atomic mass is 16.5. The molecule has 21 heavy (non-hydrogen) atoms. The summed E-state index contributed by atoms with van der Waals surface area (Å²) in [5, 5.41) is 9.20. The van der Waals surface area contributed by atoms with Gasteiger partial charge in [0.15, 0.2) is 0 Å². The molecule has 0 spiro atoms. The van der Waals surface area contributed by atoms with E-state index in [0.717, 1.165) is 0 Å². The first-order valence-corrected chi connectivity index (χ1v) is 6.64. The number of ether oxygens (including phenoxy) is 2. The van der Waals surface area contributed by atoms with Gasteiger partial charge in [0.2, 0.25) is 0 Å². The van der Waals surface area contributed by atoms with Crippen molar-refractivity contribution >= 4 is 5.97 Å². The second kappa shape index (κ2) is 5.87. The number of esters is 1. The molecular formula is C17H18O4. The second-order valence-corrected chi connectivity index (χ2v) is 5.71. The van der Waals surface area contributed by atoms with Crippen LogP contribution in [0.25, 0.3) is 0 Å². The average Bonchev–Trinajstić information content (AvgIpc) is 2.42. The largest absolute Gasteiger partial charge is 0.508 e. The van der Waals surface area contributed by atoms with Gasteiger partial charge in [0, 0.05) is 0 Å². The van der Waals surface area contributed by atoms with Crippen LogP contribution in [0.1, 0.15) is 20.8 Å². The van der Waals surface area contributed by atoms with Crippen LogP contribution in [-0.4, -0.2) is 11.1 Å². The van der Waals surface area contributed by atoms with Gasteiger partial charge in [0.1, 0.15) is 23.0 Å². The van der Waals surface area contributed by atoms with Crippen LogP contribution in [0, 0.1) is 5.41 Å². The summed E-state index contributed by atoms with van der Waals surface area (Å²) in [6.45, 7) is 5.41. The minimum Gasteiger partial charge on any atom is -0.508 e. The molecule has 4 nitrogen and oxygen atoms in total. The highest BCUT2D eigenvalue weighted by molar-refractivity contribution is 5.77. The molecule has 0 saturated carbocycles. The van der Waals surface area contributed by atoms with Crippen molar-refractivity contribution in [3.63, 3.8) is 0 Å². The van der Waals surface area contributed by atoms with Gasteiger partial charge in [-0.05, 0) is 69.3 Å². The lowest BCUT2D eigenvalue weighted by molar-refractivity contribution is -0.143. The van der Waals surface area contributed by atoms with E-state index in [2.05, 4.69) is 0 Å². The molecule has 1 N–H and O–H groups in total. The van der Waals surface area contributed by atoms with Crippen LogP contribution in [0.4, 0.5) is 0 Å². The Kier molecular flexibility index (Phi) is 4.17.